The zero-order chi connectivity index (χ0) is 14.4. The fourth-order valence-corrected chi connectivity index (χ4v) is 2.91. The Labute approximate surface area is 121 Å². The summed E-state index contributed by atoms with van der Waals surface area (Å²) in [4.78, 5) is 20.8. The second-order valence-corrected chi connectivity index (χ2v) is 5.54. The minimum absolute atomic E-state index is 0.169. The van der Waals surface area contributed by atoms with E-state index < -0.39 is 0 Å². The molecular weight excluding hydrogens is 250 g/mol. The third kappa shape index (κ3) is 3.79. The van der Waals surface area contributed by atoms with E-state index >= 15 is 0 Å². The van der Waals surface area contributed by atoms with Gasteiger partial charge in [-0.1, -0.05) is 13.3 Å². The van der Waals surface area contributed by atoms with Crippen LogP contribution in [-0.2, 0) is 4.79 Å². The van der Waals surface area contributed by atoms with Crippen molar-refractivity contribution < 1.29 is 4.79 Å². The molecule has 1 aliphatic rings. The van der Waals surface area contributed by atoms with Gasteiger partial charge in [-0.15, -0.1) is 0 Å². The summed E-state index contributed by atoms with van der Waals surface area (Å²) >= 11 is 0. The molecule has 0 saturated carbocycles. The van der Waals surface area contributed by atoms with Crippen molar-refractivity contribution in [3.05, 3.63) is 24.5 Å². The first-order chi connectivity index (χ1) is 9.72. The number of anilines is 1. The van der Waals surface area contributed by atoms with E-state index in [4.69, 9.17) is 0 Å². The zero-order valence-electron chi connectivity index (χ0n) is 12.6. The van der Waals surface area contributed by atoms with E-state index in [1.807, 2.05) is 24.0 Å². The van der Waals surface area contributed by atoms with Crippen LogP contribution in [0.1, 0.15) is 39.5 Å². The molecular formula is C16H25N3O. The van der Waals surface area contributed by atoms with Crippen LogP contribution in [0.3, 0.4) is 0 Å². The van der Waals surface area contributed by atoms with Crippen LogP contribution in [0.2, 0.25) is 0 Å². The quantitative estimate of drug-likeness (QED) is 0.829. The predicted molar refractivity (Wildman–Crippen MR) is 81.8 cm³/mol. The lowest BCUT2D eigenvalue weighted by atomic mass is 10.1. The standard InChI is InChI=1S/C16H25N3O/c1-3-16(20)19(15-8-7-9-17-12-15)14(2)13-18-10-5-4-6-11-18/h7-9,12,14H,3-6,10-11,13H2,1-2H3. The Morgan fingerprint density at radius 2 is 2.15 bits per heavy atom. The Bertz CT molecular complexity index is 415. The van der Waals surface area contributed by atoms with Gasteiger partial charge in [-0.2, -0.15) is 0 Å². The largest absolute Gasteiger partial charge is 0.307 e. The van der Waals surface area contributed by atoms with Gasteiger partial charge in [-0.25, -0.2) is 0 Å². The van der Waals surface area contributed by atoms with E-state index in [0.29, 0.717) is 6.42 Å². The summed E-state index contributed by atoms with van der Waals surface area (Å²) in [5.41, 5.74) is 0.906. The van der Waals surface area contributed by atoms with E-state index in [1.165, 1.54) is 19.3 Å². The van der Waals surface area contributed by atoms with Crippen molar-refractivity contribution in [1.82, 2.24) is 9.88 Å². The number of carbonyl (C=O) groups is 1. The molecule has 4 nitrogen and oxygen atoms in total. The minimum atomic E-state index is 0.169. The molecule has 1 aromatic rings. The van der Waals surface area contributed by atoms with E-state index in [1.54, 1.807) is 12.4 Å². The maximum absolute atomic E-state index is 12.3. The second kappa shape index (κ2) is 7.39. The van der Waals surface area contributed by atoms with Crippen LogP contribution in [0.5, 0.6) is 0 Å². The van der Waals surface area contributed by atoms with Gasteiger partial charge in [-0.05, 0) is 45.0 Å². The van der Waals surface area contributed by atoms with E-state index in [9.17, 15) is 4.79 Å². The third-order valence-electron chi connectivity index (χ3n) is 3.91. The van der Waals surface area contributed by atoms with Crippen molar-refractivity contribution in [2.24, 2.45) is 0 Å². The van der Waals surface area contributed by atoms with E-state index in [0.717, 1.165) is 25.3 Å². The summed E-state index contributed by atoms with van der Waals surface area (Å²) in [7, 11) is 0. The Hall–Kier alpha value is -1.42. The second-order valence-electron chi connectivity index (χ2n) is 5.54. The highest BCUT2D eigenvalue weighted by Gasteiger charge is 2.23. The van der Waals surface area contributed by atoms with E-state index in [2.05, 4.69) is 16.8 Å². The molecule has 1 aromatic heterocycles. The van der Waals surface area contributed by atoms with Gasteiger partial charge >= 0.3 is 0 Å². The number of hydrogen-bond donors (Lipinski definition) is 0. The van der Waals surface area contributed by atoms with Crippen molar-refractivity contribution in [3.8, 4) is 0 Å². The number of carbonyl (C=O) groups excluding carboxylic acids is 1. The van der Waals surface area contributed by atoms with Gasteiger partial charge < -0.3 is 9.80 Å². The highest BCUT2D eigenvalue weighted by molar-refractivity contribution is 5.93. The third-order valence-corrected chi connectivity index (χ3v) is 3.91. The number of rotatable bonds is 5. The van der Waals surface area contributed by atoms with Gasteiger partial charge in [0, 0.05) is 25.2 Å². The Morgan fingerprint density at radius 3 is 2.75 bits per heavy atom. The zero-order valence-corrected chi connectivity index (χ0v) is 12.6. The number of pyridine rings is 1. The van der Waals surface area contributed by atoms with Crippen molar-refractivity contribution >= 4 is 11.6 Å². The van der Waals surface area contributed by atoms with Crippen molar-refractivity contribution in [2.75, 3.05) is 24.5 Å². The van der Waals surface area contributed by atoms with Gasteiger partial charge in [-0.3, -0.25) is 9.78 Å². The molecule has 0 bridgehead atoms. The van der Waals surface area contributed by atoms with Gasteiger partial charge in [0.2, 0.25) is 5.91 Å². The molecule has 1 unspecified atom stereocenters. The average Bonchev–Trinajstić information content (AvgIpc) is 2.49. The molecule has 1 fully saturated rings. The van der Waals surface area contributed by atoms with Gasteiger partial charge in [0.15, 0.2) is 0 Å². The number of nitrogens with zero attached hydrogens (tertiary/aromatic N) is 3. The molecule has 20 heavy (non-hydrogen) atoms. The number of aromatic nitrogens is 1. The number of amides is 1. The number of piperidine rings is 1. The highest BCUT2D eigenvalue weighted by Crippen LogP contribution is 2.18. The maximum Gasteiger partial charge on any atom is 0.227 e. The van der Waals surface area contributed by atoms with Crippen LogP contribution in [0.25, 0.3) is 0 Å². The Morgan fingerprint density at radius 1 is 1.40 bits per heavy atom. The van der Waals surface area contributed by atoms with Crippen molar-refractivity contribution in [2.45, 2.75) is 45.6 Å². The fraction of sp³-hybridized carbons (Fsp3) is 0.625. The molecule has 0 aromatic carbocycles. The first kappa shape index (κ1) is 15.0. The lowest BCUT2D eigenvalue weighted by Gasteiger charge is -2.35. The van der Waals surface area contributed by atoms with E-state index in [-0.39, 0.29) is 11.9 Å². The topological polar surface area (TPSA) is 36.4 Å². The molecule has 110 valence electrons. The normalized spacial score (nSPS) is 17.7. The molecule has 1 atom stereocenters. The molecule has 1 saturated heterocycles. The molecule has 4 heteroatoms. The summed E-state index contributed by atoms with van der Waals surface area (Å²) < 4.78 is 0. The van der Waals surface area contributed by atoms with Crippen LogP contribution in [0, 0.1) is 0 Å². The van der Waals surface area contributed by atoms with Crippen molar-refractivity contribution in [1.29, 1.82) is 0 Å². The molecule has 2 heterocycles. The lowest BCUT2D eigenvalue weighted by Crippen LogP contribution is -2.46. The summed E-state index contributed by atoms with van der Waals surface area (Å²) in [6.45, 7) is 7.31. The van der Waals surface area contributed by atoms with Crippen LogP contribution in [0.4, 0.5) is 5.69 Å². The number of hydrogen-bond acceptors (Lipinski definition) is 3. The Kier molecular flexibility index (Phi) is 5.53. The Balaban J connectivity index is 2.07. The first-order valence-electron chi connectivity index (χ1n) is 7.66. The van der Waals surface area contributed by atoms with Crippen LogP contribution in [-0.4, -0.2) is 41.5 Å². The first-order valence-corrected chi connectivity index (χ1v) is 7.66. The molecule has 1 aliphatic heterocycles. The minimum Gasteiger partial charge on any atom is -0.307 e. The summed E-state index contributed by atoms with van der Waals surface area (Å²) in [6.07, 6.45) is 7.95. The van der Waals surface area contributed by atoms with Gasteiger partial charge in [0.25, 0.3) is 0 Å². The fourth-order valence-electron chi connectivity index (χ4n) is 2.91. The monoisotopic (exact) mass is 275 g/mol. The van der Waals surface area contributed by atoms with Crippen LogP contribution >= 0.6 is 0 Å². The molecule has 2 rings (SSSR count). The smallest absolute Gasteiger partial charge is 0.227 e. The van der Waals surface area contributed by atoms with Gasteiger partial charge in [0.1, 0.15) is 0 Å². The molecule has 1 amide bonds. The summed E-state index contributed by atoms with van der Waals surface area (Å²) in [5, 5.41) is 0. The summed E-state index contributed by atoms with van der Waals surface area (Å²) in [6, 6.07) is 4.04. The SMILES string of the molecule is CCC(=O)N(c1cccnc1)C(C)CN1CCCCC1. The van der Waals surface area contributed by atoms with Crippen LogP contribution in [0.15, 0.2) is 24.5 Å². The van der Waals surface area contributed by atoms with Crippen LogP contribution < -0.4 is 4.90 Å². The number of likely N-dealkylation sites (tertiary alicyclic amines) is 1. The summed E-state index contributed by atoms with van der Waals surface area (Å²) in [5.74, 6) is 0.169. The van der Waals surface area contributed by atoms with Crippen molar-refractivity contribution in [3.63, 3.8) is 0 Å². The molecule has 0 spiro atoms. The molecule has 0 aliphatic carbocycles. The maximum atomic E-state index is 12.3. The highest BCUT2D eigenvalue weighted by atomic mass is 16.2. The average molecular weight is 275 g/mol. The predicted octanol–water partition coefficient (Wildman–Crippen LogP) is 2.70. The molecule has 0 radical (unpaired) electrons. The molecule has 0 N–H and O–H groups in total. The van der Waals surface area contributed by atoms with Gasteiger partial charge in [0.05, 0.1) is 11.9 Å². The lowest BCUT2D eigenvalue weighted by molar-refractivity contribution is -0.118.